The summed E-state index contributed by atoms with van der Waals surface area (Å²) in [5, 5.41) is 20.1. The van der Waals surface area contributed by atoms with Crippen molar-refractivity contribution < 1.29 is 47.7 Å². The number of primary amides is 1. The Morgan fingerprint density at radius 2 is 1.52 bits per heavy atom. The lowest BCUT2D eigenvalue weighted by molar-refractivity contribution is -0.127. The average molecular weight is 903 g/mol. The number of aryl methyl sites for hydroxylation is 1. The van der Waals surface area contributed by atoms with Crippen molar-refractivity contribution in [2.75, 3.05) is 42.9 Å². The number of ether oxygens (including phenoxy) is 2. The number of carbonyl (C=O) groups excluding carboxylic acids is 5. The van der Waals surface area contributed by atoms with Gasteiger partial charge in [-0.1, -0.05) is 62.1 Å². The van der Waals surface area contributed by atoms with Crippen molar-refractivity contribution in [2.45, 2.75) is 77.3 Å². The number of nitrogens with zero attached hydrogens (tertiary/aromatic N) is 3. The van der Waals surface area contributed by atoms with E-state index in [1.54, 1.807) is 52.8 Å². The number of rotatable bonds is 18. The third-order valence-electron chi connectivity index (χ3n) is 10.4. The van der Waals surface area contributed by atoms with E-state index in [4.69, 9.17) is 15.2 Å². The first-order valence-electron chi connectivity index (χ1n) is 20.9. The number of hydrogen-bond donors (Lipinski definition) is 6. The van der Waals surface area contributed by atoms with Gasteiger partial charge in [-0.2, -0.15) is 0 Å². The normalized spacial score (nSPS) is 13.6. The molecule has 0 spiro atoms. The number of fused-ring (bicyclic) bond motifs is 1. The predicted molar refractivity (Wildman–Crippen MR) is 240 cm³/mol. The van der Waals surface area contributed by atoms with Crippen molar-refractivity contribution in [1.29, 1.82) is 0 Å². The first kappa shape index (κ1) is 48.1. The van der Waals surface area contributed by atoms with Crippen molar-refractivity contribution in [2.24, 2.45) is 5.73 Å². The van der Waals surface area contributed by atoms with Gasteiger partial charge in [0.1, 0.15) is 36.7 Å². The first-order chi connectivity index (χ1) is 30.4. The van der Waals surface area contributed by atoms with E-state index in [0.717, 1.165) is 11.6 Å². The van der Waals surface area contributed by atoms with Crippen LogP contribution in [0.2, 0.25) is 25.7 Å². The number of carboxylic acids is 1. The fourth-order valence-electron chi connectivity index (χ4n) is 7.12. The first-order valence-corrected chi connectivity index (χ1v) is 24.6. The quantitative estimate of drug-likeness (QED) is 0.0584. The fourth-order valence-corrected chi connectivity index (χ4v) is 8.64. The molecule has 2 atom stereocenters. The lowest BCUT2D eigenvalue weighted by Gasteiger charge is -2.35. The van der Waals surface area contributed by atoms with Crippen LogP contribution < -0.4 is 37.3 Å². The smallest absolute Gasteiger partial charge is 0.410 e. The minimum absolute atomic E-state index is 0.00935. The van der Waals surface area contributed by atoms with E-state index >= 15 is 4.39 Å². The number of pyridine rings is 1. The summed E-state index contributed by atoms with van der Waals surface area (Å²) in [4.78, 5) is 92.0. The number of carbonyl (C=O) groups is 6. The Morgan fingerprint density at radius 1 is 0.859 bits per heavy atom. The molecule has 2 heterocycles. The van der Waals surface area contributed by atoms with Crippen LogP contribution in [0.1, 0.15) is 41.3 Å². The SMILES string of the molecule is CCn1cc(C(=O)O)c(=O)c2cc(F)c(N3CCN(C(=O)OCc4ccc(NC(=O)C(CCCNC(N)=O)NC(=O)C(C[Si](C)(C)C)NC(=O)OCc5ccccc5)cc4)CC3)cc21. The van der Waals surface area contributed by atoms with Crippen molar-refractivity contribution in [3.63, 3.8) is 0 Å². The average Bonchev–Trinajstić information content (AvgIpc) is 3.26. The van der Waals surface area contributed by atoms with E-state index in [0.29, 0.717) is 35.8 Å². The van der Waals surface area contributed by atoms with Gasteiger partial charge >= 0.3 is 24.2 Å². The highest BCUT2D eigenvalue weighted by atomic mass is 28.3. The highest BCUT2D eigenvalue weighted by Gasteiger charge is 2.32. The van der Waals surface area contributed by atoms with Crippen LogP contribution in [-0.2, 0) is 38.8 Å². The number of anilines is 2. The predicted octanol–water partition coefficient (Wildman–Crippen LogP) is 4.82. The third kappa shape index (κ3) is 13.5. The molecule has 3 aromatic carbocycles. The molecule has 0 aliphatic carbocycles. The number of carboxylic acid groups (broad SMARTS) is 1. The molecule has 1 saturated heterocycles. The molecule has 4 aromatic rings. The van der Waals surface area contributed by atoms with Crippen LogP contribution in [0.5, 0.6) is 0 Å². The molecule has 20 heteroatoms. The number of benzene rings is 3. The number of halogens is 1. The summed E-state index contributed by atoms with van der Waals surface area (Å²) in [6.45, 7) is 9.36. The van der Waals surface area contributed by atoms with Gasteiger partial charge in [0.25, 0.3) is 0 Å². The molecule has 1 aromatic heterocycles. The molecule has 18 nitrogen and oxygen atoms in total. The molecule has 0 bridgehead atoms. The second kappa shape index (κ2) is 21.9. The van der Waals surface area contributed by atoms with Crippen LogP contribution in [-0.4, -0.2) is 103 Å². The topological polar surface area (TPSA) is 244 Å². The Balaban J connectivity index is 1.16. The Hall–Kier alpha value is -6.96. The highest BCUT2D eigenvalue weighted by molar-refractivity contribution is 6.76. The van der Waals surface area contributed by atoms with Gasteiger partial charge in [0.05, 0.1) is 11.2 Å². The van der Waals surface area contributed by atoms with Crippen molar-refractivity contribution in [1.82, 2.24) is 25.4 Å². The number of alkyl carbamates (subject to hydrolysis) is 1. The minimum atomic E-state index is -1.95. The minimum Gasteiger partial charge on any atom is -0.477 e. The lowest BCUT2D eigenvalue weighted by atomic mass is 10.1. The van der Waals surface area contributed by atoms with Gasteiger partial charge in [-0.25, -0.2) is 23.6 Å². The summed E-state index contributed by atoms with van der Waals surface area (Å²) in [5.41, 5.74) is 6.42. The van der Waals surface area contributed by atoms with E-state index in [2.05, 4.69) is 21.3 Å². The third-order valence-corrected chi connectivity index (χ3v) is 12.1. The second-order valence-electron chi connectivity index (χ2n) is 16.5. The molecule has 64 heavy (non-hydrogen) atoms. The van der Waals surface area contributed by atoms with E-state index in [1.807, 2.05) is 37.8 Å². The number of aromatic carboxylic acids is 1. The maximum Gasteiger partial charge on any atom is 0.410 e. The summed E-state index contributed by atoms with van der Waals surface area (Å²) in [7, 11) is -1.95. The second-order valence-corrected chi connectivity index (χ2v) is 22.0. The highest BCUT2D eigenvalue weighted by Crippen LogP contribution is 2.27. The van der Waals surface area contributed by atoms with Gasteiger partial charge in [0, 0.05) is 64.6 Å². The summed E-state index contributed by atoms with van der Waals surface area (Å²) in [5.74, 6) is -3.18. The Kier molecular flexibility index (Phi) is 16.5. The van der Waals surface area contributed by atoms with Gasteiger partial charge in [-0.3, -0.25) is 14.4 Å². The zero-order valence-electron chi connectivity index (χ0n) is 36.3. The van der Waals surface area contributed by atoms with Crippen LogP contribution in [0, 0.1) is 5.82 Å². The zero-order chi connectivity index (χ0) is 46.6. The molecule has 1 fully saturated rings. The molecule has 1 aliphatic heterocycles. The molecular weight excluding hydrogens is 848 g/mol. The summed E-state index contributed by atoms with van der Waals surface area (Å²) in [6.07, 6.45) is 0.329. The number of piperazine rings is 1. The maximum absolute atomic E-state index is 15.4. The molecule has 342 valence electrons. The number of nitrogens with one attached hydrogen (secondary N) is 4. The van der Waals surface area contributed by atoms with Gasteiger partial charge in [-0.15, -0.1) is 0 Å². The lowest BCUT2D eigenvalue weighted by Crippen LogP contribution is -2.54. The van der Waals surface area contributed by atoms with Crippen LogP contribution in [0.15, 0.2) is 77.7 Å². The standard InChI is InChI=1S/C44H55FN8O10Si/c1-5-51-24-32(41(57)58)38(54)31-22-33(45)37(23-36(31)51)52-18-20-53(21-19-52)44(61)63-26-29-13-15-30(16-14-29)48-39(55)34(12-9-17-47-42(46)59)49-40(56)35(27-64(2,3)4)50-43(60)62-25-28-10-7-6-8-11-28/h6-8,10-11,13-16,22-24,34-35H,5,9,12,17-21,25-27H2,1-4H3,(H,48,55)(H,49,56)(H,50,60)(H,57,58)(H3,46,47,59). The maximum atomic E-state index is 15.4. The number of aromatic nitrogens is 1. The number of amides is 6. The Labute approximate surface area is 370 Å². The molecular formula is C44H55FN8O10Si. The molecule has 6 amide bonds. The summed E-state index contributed by atoms with van der Waals surface area (Å²) >= 11 is 0. The van der Waals surface area contributed by atoms with Crippen LogP contribution >= 0.6 is 0 Å². The summed E-state index contributed by atoms with van der Waals surface area (Å²) < 4.78 is 27.9. The van der Waals surface area contributed by atoms with E-state index < -0.39 is 73.0 Å². The largest absolute Gasteiger partial charge is 0.477 e. The van der Waals surface area contributed by atoms with Gasteiger partial charge in [0.2, 0.25) is 17.2 Å². The van der Waals surface area contributed by atoms with Gasteiger partial charge in [-0.05, 0) is 61.2 Å². The molecule has 1 aliphatic rings. The number of urea groups is 1. The molecule has 7 N–H and O–H groups in total. The molecule has 5 rings (SSSR count). The number of hydrogen-bond acceptors (Lipinski definition) is 10. The van der Waals surface area contributed by atoms with Gasteiger partial charge in [0.15, 0.2) is 0 Å². The Morgan fingerprint density at radius 3 is 2.14 bits per heavy atom. The van der Waals surface area contributed by atoms with E-state index in [-0.39, 0.29) is 63.4 Å². The zero-order valence-corrected chi connectivity index (χ0v) is 37.3. The van der Waals surface area contributed by atoms with E-state index in [9.17, 15) is 38.7 Å². The monoisotopic (exact) mass is 902 g/mol. The van der Waals surface area contributed by atoms with Crippen molar-refractivity contribution in [3.8, 4) is 0 Å². The molecule has 0 saturated carbocycles. The van der Waals surface area contributed by atoms with Crippen LogP contribution in [0.3, 0.4) is 0 Å². The van der Waals surface area contributed by atoms with E-state index in [1.165, 1.54) is 17.2 Å². The van der Waals surface area contributed by atoms with Crippen molar-refractivity contribution >= 4 is 66.4 Å². The van der Waals surface area contributed by atoms with Crippen LogP contribution in [0.25, 0.3) is 10.9 Å². The van der Waals surface area contributed by atoms with Gasteiger partial charge < -0.3 is 55.9 Å². The molecule has 2 unspecified atom stereocenters. The van der Waals surface area contributed by atoms with Crippen LogP contribution in [0.4, 0.5) is 30.1 Å². The van der Waals surface area contributed by atoms with Crippen molar-refractivity contribution in [3.05, 3.63) is 106 Å². The Bertz CT molecular complexity index is 2390. The number of nitrogens with two attached hydrogens (primary N) is 1. The summed E-state index contributed by atoms with van der Waals surface area (Å²) in [6, 6.07) is 15.8. The fraction of sp³-hybridized carbons (Fsp3) is 0.386. The molecule has 0 radical (unpaired) electrons.